The van der Waals surface area contributed by atoms with Crippen molar-refractivity contribution in [2.45, 2.75) is 40.2 Å². The van der Waals surface area contributed by atoms with Crippen LogP contribution >= 0.6 is 0 Å². The molecule has 25 heavy (non-hydrogen) atoms. The first-order valence-corrected chi connectivity index (χ1v) is 8.42. The summed E-state index contributed by atoms with van der Waals surface area (Å²) in [4.78, 5) is 22.8. The van der Waals surface area contributed by atoms with E-state index in [0.717, 1.165) is 12.0 Å². The van der Waals surface area contributed by atoms with Crippen LogP contribution in [-0.2, 0) is 6.42 Å². The van der Waals surface area contributed by atoms with Gasteiger partial charge >= 0.3 is 0 Å². The minimum absolute atomic E-state index is 0.0188. The SMILES string of the molecule is Cc1cc(C(=O)N[C@H](C)c2ccc(CC(C)C)cc2)ccc1[N+](=O)[O-]. The molecule has 2 aromatic carbocycles. The highest BCUT2D eigenvalue weighted by Gasteiger charge is 2.16. The summed E-state index contributed by atoms with van der Waals surface area (Å²) in [6, 6.07) is 12.5. The van der Waals surface area contributed by atoms with Crippen LogP contribution in [0, 0.1) is 23.0 Å². The number of nitrogens with one attached hydrogen (secondary N) is 1. The summed E-state index contributed by atoms with van der Waals surface area (Å²) >= 11 is 0. The number of amides is 1. The lowest BCUT2D eigenvalue weighted by Gasteiger charge is -2.15. The van der Waals surface area contributed by atoms with Crippen molar-refractivity contribution >= 4 is 11.6 Å². The lowest BCUT2D eigenvalue weighted by atomic mass is 9.99. The molecule has 1 N–H and O–H groups in total. The van der Waals surface area contributed by atoms with Gasteiger partial charge in [0.05, 0.1) is 11.0 Å². The second kappa shape index (κ2) is 7.92. The topological polar surface area (TPSA) is 72.2 Å². The van der Waals surface area contributed by atoms with Crippen molar-refractivity contribution in [1.29, 1.82) is 0 Å². The van der Waals surface area contributed by atoms with Crippen LogP contribution in [0.25, 0.3) is 0 Å². The van der Waals surface area contributed by atoms with Crippen molar-refractivity contribution in [2.75, 3.05) is 0 Å². The second-order valence-corrected chi connectivity index (χ2v) is 6.79. The molecule has 0 aliphatic heterocycles. The molecule has 0 aliphatic rings. The third-order valence-electron chi connectivity index (χ3n) is 4.13. The monoisotopic (exact) mass is 340 g/mol. The van der Waals surface area contributed by atoms with E-state index in [-0.39, 0.29) is 17.6 Å². The Hall–Kier alpha value is -2.69. The quantitative estimate of drug-likeness (QED) is 0.617. The first-order valence-electron chi connectivity index (χ1n) is 8.42. The minimum atomic E-state index is -0.446. The second-order valence-electron chi connectivity index (χ2n) is 6.79. The molecule has 0 heterocycles. The van der Waals surface area contributed by atoms with Gasteiger partial charge in [0, 0.05) is 17.2 Å². The van der Waals surface area contributed by atoms with E-state index in [9.17, 15) is 14.9 Å². The van der Waals surface area contributed by atoms with Crippen molar-refractivity contribution in [1.82, 2.24) is 5.32 Å². The van der Waals surface area contributed by atoms with Gasteiger partial charge < -0.3 is 5.32 Å². The number of hydrogen-bond donors (Lipinski definition) is 1. The molecule has 0 saturated heterocycles. The standard InChI is InChI=1S/C20H24N2O3/c1-13(2)11-16-5-7-17(8-6-16)15(4)21-20(23)18-9-10-19(22(24)25)14(3)12-18/h5-10,12-13,15H,11H2,1-4H3,(H,21,23)/t15-/m1/s1. The Morgan fingerprint density at radius 2 is 1.76 bits per heavy atom. The summed E-state index contributed by atoms with van der Waals surface area (Å²) in [5.74, 6) is 0.366. The summed E-state index contributed by atoms with van der Waals surface area (Å²) in [5, 5.41) is 13.8. The average molecular weight is 340 g/mol. The maximum atomic E-state index is 12.4. The van der Waals surface area contributed by atoms with E-state index in [1.807, 2.05) is 19.1 Å². The predicted molar refractivity (Wildman–Crippen MR) is 98.7 cm³/mol. The molecule has 0 fully saturated rings. The Kier molecular flexibility index (Phi) is 5.91. The average Bonchev–Trinajstić information content (AvgIpc) is 2.54. The first kappa shape index (κ1) is 18.6. The van der Waals surface area contributed by atoms with Crippen LogP contribution in [0.2, 0.25) is 0 Å². The Morgan fingerprint density at radius 1 is 1.12 bits per heavy atom. The van der Waals surface area contributed by atoms with Crippen molar-refractivity contribution in [3.05, 3.63) is 74.8 Å². The van der Waals surface area contributed by atoms with Gasteiger partial charge in [-0.1, -0.05) is 38.1 Å². The van der Waals surface area contributed by atoms with Crippen LogP contribution in [0.5, 0.6) is 0 Å². The van der Waals surface area contributed by atoms with Crippen molar-refractivity contribution in [2.24, 2.45) is 5.92 Å². The molecular weight excluding hydrogens is 316 g/mol. The third-order valence-corrected chi connectivity index (χ3v) is 4.13. The summed E-state index contributed by atoms with van der Waals surface area (Å²) < 4.78 is 0. The molecule has 1 amide bonds. The Bertz CT molecular complexity index is 767. The number of nitrogens with zero attached hydrogens (tertiary/aromatic N) is 1. The van der Waals surface area contributed by atoms with Crippen LogP contribution in [-0.4, -0.2) is 10.8 Å². The van der Waals surface area contributed by atoms with Crippen LogP contribution in [0.1, 0.15) is 53.9 Å². The van der Waals surface area contributed by atoms with Gasteiger partial charge in [-0.3, -0.25) is 14.9 Å². The Labute approximate surface area is 148 Å². The number of carbonyl (C=O) groups is 1. The van der Waals surface area contributed by atoms with Gasteiger partial charge in [-0.15, -0.1) is 0 Å². The lowest BCUT2D eigenvalue weighted by Crippen LogP contribution is -2.26. The molecule has 2 rings (SSSR count). The molecule has 0 aromatic heterocycles. The fraction of sp³-hybridized carbons (Fsp3) is 0.350. The van der Waals surface area contributed by atoms with Gasteiger partial charge in [-0.05, 0) is 49.4 Å². The summed E-state index contributed by atoms with van der Waals surface area (Å²) in [6.45, 7) is 7.92. The Balaban J connectivity index is 2.07. The number of benzene rings is 2. The van der Waals surface area contributed by atoms with Crippen LogP contribution in [0.3, 0.4) is 0 Å². The van der Waals surface area contributed by atoms with E-state index in [1.165, 1.54) is 17.7 Å². The molecule has 132 valence electrons. The zero-order chi connectivity index (χ0) is 18.6. The molecule has 5 heteroatoms. The van der Waals surface area contributed by atoms with E-state index in [2.05, 4.69) is 31.3 Å². The Morgan fingerprint density at radius 3 is 2.28 bits per heavy atom. The predicted octanol–water partition coefficient (Wildman–Crippen LogP) is 4.59. The fourth-order valence-electron chi connectivity index (χ4n) is 2.78. The number of aryl methyl sites for hydroxylation is 1. The highest BCUT2D eigenvalue weighted by molar-refractivity contribution is 5.95. The van der Waals surface area contributed by atoms with Crippen molar-refractivity contribution in [3.63, 3.8) is 0 Å². The molecule has 2 aromatic rings. The number of carbonyl (C=O) groups excluding carboxylic acids is 1. The molecule has 0 bridgehead atoms. The zero-order valence-electron chi connectivity index (χ0n) is 15.1. The van der Waals surface area contributed by atoms with E-state index < -0.39 is 4.92 Å². The smallest absolute Gasteiger partial charge is 0.272 e. The minimum Gasteiger partial charge on any atom is -0.346 e. The van der Waals surface area contributed by atoms with Gasteiger partial charge in [0.2, 0.25) is 0 Å². The number of nitro benzene ring substituents is 1. The summed E-state index contributed by atoms with van der Waals surface area (Å²) in [6.07, 6.45) is 1.03. The van der Waals surface area contributed by atoms with Gasteiger partial charge in [0.15, 0.2) is 0 Å². The van der Waals surface area contributed by atoms with Crippen LogP contribution < -0.4 is 5.32 Å². The van der Waals surface area contributed by atoms with Crippen molar-refractivity contribution in [3.8, 4) is 0 Å². The molecule has 0 radical (unpaired) electrons. The van der Waals surface area contributed by atoms with E-state index >= 15 is 0 Å². The molecule has 1 atom stereocenters. The summed E-state index contributed by atoms with van der Waals surface area (Å²) in [5.41, 5.74) is 3.22. The molecule has 0 unspecified atom stereocenters. The van der Waals surface area contributed by atoms with Gasteiger partial charge in [-0.2, -0.15) is 0 Å². The lowest BCUT2D eigenvalue weighted by molar-refractivity contribution is -0.385. The maximum Gasteiger partial charge on any atom is 0.272 e. The zero-order valence-corrected chi connectivity index (χ0v) is 15.1. The van der Waals surface area contributed by atoms with Gasteiger partial charge in [0.1, 0.15) is 0 Å². The third kappa shape index (κ3) is 4.89. The summed E-state index contributed by atoms with van der Waals surface area (Å²) in [7, 11) is 0. The molecule has 0 spiro atoms. The molecular formula is C20H24N2O3. The highest BCUT2D eigenvalue weighted by Crippen LogP contribution is 2.20. The molecule has 5 nitrogen and oxygen atoms in total. The maximum absolute atomic E-state index is 12.4. The molecule has 0 saturated carbocycles. The normalized spacial score (nSPS) is 12.0. The van der Waals surface area contributed by atoms with E-state index in [0.29, 0.717) is 17.0 Å². The highest BCUT2D eigenvalue weighted by atomic mass is 16.6. The van der Waals surface area contributed by atoms with Crippen LogP contribution in [0.15, 0.2) is 42.5 Å². The number of hydrogen-bond acceptors (Lipinski definition) is 3. The number of nitro groups is 1. The van der Waals surface area contributed by atoms with E-state index in [1.54, 1.807) is 13.0 Å². The fourth-order valence-corrected chi connectivity index (χ4v) is 2.78. The van der Waals surface area contributed by atoms with Gasteiger partial charge in [0.25, 0.3) is 11.6 Å². The van der Waals surface area contributed by atoms with Crippen LogP contribution in [0.4, 0.5) is 5.69 Å². The first-order chi connectivity index (χ1) is 11.8. The van der Waals surface area contributed by atoms with Crippen molar-refractivity contribution < 1.29 is 9.72 Å². The van der Waals surface area contributed by atoms with E-state index in [4.69, 9.17) is 0 Å². The van der Waals surface area contributed by atoms with Gasteiger partial charge in [-0.25, -0.2) is 0 Å². The number of rotatable bonds is 6. The molecule has 0 aliphatic carbocycles. The largest absolute Gasteiger partial charge is 0.346 e.